The summed E-state index contributed by atoms with van der Waals surface area (Å²) in [5.74, 6) is 2.47. The fraction of sp³-hybridized carbons (Fsp3) is 0.524. The highest BCUT2D eigenvalue weighted by Crippen LogP contribution is 2.44. The number of morpholine rings is 1. The molecule has 2 aromatic rings. The van der Waals surface area contributed by atoms with Gasteiger partial charge in [0.25, 0.3) is 0 Å². The van der Waals surface area contributed by atoms with Crippen molar-refractivity contribution in [2.75, 3.05) is 50.2 Å². The van der Waals surface area contributed by atoms with Crippen molar-refractivity contribution in [1.29, 1.82) is 0 Å². The minimum Gasteiger partial charge on any atom is -0.493 e. The molecule has 156 valence electrons. The van der Waals surface area contributed by atoms with Gasteiger partial charge in [0.1, 0.15) is 5.82 Å². The number of hydrogen-bond donors (Lipinski definition) is 1. The number of rotatable bonds is 6. The van der Waals surface area contributed by atoms with Gasteiger partial charge in [-0.05, 0) is 23.6 Å². The number of aromatic nitrogens is 1. The van der Waals surface area contributed by atoms with Gasteiger partial charge in [-0.3, -0.25) is 4.79 Å². The summed E-state index contributed by atoms with van der Waals surface area (Å²) in [6.45, 7) is 7.90. The SMILES string of the molecule is COc1cc([C@@H]2CC(=O)Nc3nc(N4CCOCC4)sc32)ccc1OCC(C)C. The third-order valence-corrected chi connectivity index (χ3v) is 6.28. The van der Waals surface area contributed by atoms with Crippen molar-refractivity contribution in [1.82, 2.24) is 4.98 Å². The van der Waals surface area contributed by atoms with E-state index in [1.807, 2.05) is 18.2 Å². The molecule has 0 aliphatic carbocycles. The number of anilines is 2. The third-order valence-electron chi connectivity index (χ3n) is 5.05. The molecule has 1 amide bonds. The van der Waals surface area contributed by atoms with Crippen LogP contribution < -0.4 is 19.7 Å². The Hall–Kier alpha value is -2.32. The van der Waals surface area contributed by atoms with Gasteiger partial charge in [0, 0.05) is 25.4 Å². The van der Waals surface area contributed by atoms with Gasteiger partial charge in [0.05, 0.1) is 31.8 Å². The number of nitrogens with zero attached hydrogens (tertiary/aromatic N) is 2. The van der Waals surface area contributed by atoms with Crippen LogP contribution in [0.15, 0.2) is 18.2 Å². The zero-order valence-corrected chi connectivity index (χ0v) is 17.9. The number of carbonyl (C=O) groups excluding carboxylic acids is 1. The van der Waals surface area contributed by atoms with Crippen LogP contribution in [0.5, 0.6) is 11.5 Å². The molecule has 1 saturated heterocycles. The normalized spacial score (nSPS) is 19.1. The van der Waals surface area contributed by atoms with Crippen LogP contribution in [0, 0.1) is 5.92 Å². The van der Waals surface area contributed by atoms with Gasteiger partial charge in [0.15, 0.2) is 16.6 Å². The van der Waals surface area contributed by atoms with Crippen LogP contribution in [0.1, 0.15) is 36.6 Å². The van der Waals surface area contributed by atoms with Crippen LogP contribution in [0.2, 0.25) is 0 Å². The summed E-state index contributed by atoms with van der Waals surface area (Å²) in [4.78, 5) is 20.4. The number of methoxy groups -OCH3 is 1. The Morgan fingerprint density at radius 1 is 1.31 bits per heavy atom. The standard InChI is InChI=1S/C21H27N3O4S/c1-13(2)12-28-16-5-4-14(10-17(16)26-3)15-11-18(25)22-20-19(15)29-21(23-20)24-6-8-27-9-7-24/h4-5,10,13,15H,6-9,11-12H2,1-3H3,(H,22,25)/t15-/m0/s1. The molecule has 0 unspecified atom stereocenters. The maximum atomic E-state index is 12.4. The van der Waals surface area contributed by atoms with E-state index in [0.717, 1.165) is 34.4 Å². The summed E-state index contributed by atoms with van der Waals surface area (Å²) >= 11 is 1.65. The van der Waals surface area contributed by atoms with E-state index in [1.165, 1.54) is 0 Å². The lowest BCUT2D eigenvalue weighted by Gasteiger charge is -2.26. The second-order valence-corrected chi connectivity index (χ2v) is 8.74. The molecule has 7 nitrogen and oxygen atoms in total. The number of carbonyl (C=O) groups is 1. The average Bonchev–Trinajstić information content (AvgIpc) is 3.16. The van der Waals surface area contributed by atoms with Crippen LogP contribution in [0.25, 0.3) is 0 Å². The van der Waals surface area contributed by atoms with E-state index in [9.17, 15) is 4.79 Å². The smallest absolute Gasteiger partial charge is 0.226 e. The number of hydrogen-bond acceptors (Lipinski definition) is 7. The van der Waals surface area contributed by atoms with Crippen molar-refractivity contribution < 1.29 is 19.0 Å². The van der Waals surface area contributed by atoms with Gasteiger partial charge in [-0.15, -0.1) is 0 Å². The second kappa shape index (κ2) is 8.59. The highest BCUT2D eigenvalue weighted by molar-refractivity contribution is 7.16. The van der Waals surface area contributed by atoms with Gasteiger partial charge < -0.3 is 24.4 Å². The first-order valence-corrected chi connectivity index (χ1v) is 10.8. The first-order chi connectivity index (χ1) is 14.0. The summed E-state index contributed by atoms with van der Waals surface area (Å²) in [6.07, 6.45) is 0.396. The van der Waals surface area contributed by atoms with E-state index in [2.05, 4.69) is 24.1 Å². The Bertz CT molecular complexity index is 877. The Kier molecular flexibility index (Phi) is 5.91. The summed E-state index contributed by atoms with van der Waals surface area (Å²) < 4.78 is 16.9. The van der Waals surface area contributed by atoms with E-state index < -0.39 is 0 Å². The molecule has 2 aliphatic rings. The van der Waals surface area contributed by atoms with Crippen molar-refractivity contribution >= 4 is 28.2 Å². The van der Waals surface area contributed by atoms with Gasteiger partial charge in [-0.2, -0.15) is 0 Å². The number of amides is 1. The number of ether oxygens (including phenoxy) is 3. The summed E-state index contributed by atoms with van der Waals surface area (Å²) in [7, 11) is 1.64. The largest absolute Gasteiger partial charge is 0.493 e. The highest BCUT2D eigenvalue weighted by Gasteiger charge is 2.32. The number of fused-ring (bicyclic) bond motifs is 1. The highest BCUT2D eigenvalue weighted by atomic mass is 32.1. The lowest BCUT2D eigenvalue weighted by Crippen LogP contribution is -2.36. The van der Waals surface area contributed by atoms with Crippen molar-refractivity contribution in [3.63, 3.8) is 0 Å². The second-order valence-electron chi connectivity index (χ2n) is 7.73. The van der Waals surface area contributed by atoms with E-state index in [0.29, 0.717) is 43.7 Å². The van der Waals surface area contributed by atoms with Crippen LogP contribution in [-0.2, 0) is 9.53 Å². The minimum atomic E-state index is -0.0425. The molecule has 1 aromatic heterocycles. The molecule has 1 aromatic carbocycles. The molecule has 2 aliphatic heterocycles. The molecule has 0 saturated carbocycles. The molecule has 4 rings (SSSR count). The molecule has 1 fully saturated rings. The van der Waals surface area contributed by atoms with Gasteiger partial charge in [-0.1, -0.05) is 31.3 Å². The maximum Gasteiger partial charge on any atom is 0.226 e. The number of thiazole rings is 1. The summed E-state index contributed by atoms with van der Waals surface area (Å²) in [5, 5.41) is 3.88. The van der Waals surface area contributed by atoms with E-state index >= 15 is 0 Å². The van der Waals surface area contributed by atoms with Crippen molar-refractivity contribution in [3.8, 4) is 11.5 Å². The average molecular weight is 418 g/mol. The summed E-state index contributed by atoms with van der Waals surface area (Å²) in [6, 6.07) is 5.95. The fourth-order valence-corrected chi connectivity index (χ4v) is 4.74. The molecule has 0 spiro atoms. The van der Waals surface area contributed by atoms with Gasteiger partial charge in [-0.25, -0.2) is 4.98 Å². The molecule has 0 bridgehead atoms. The first kappa shape index (κ1) is 20.0. The first-order valence-electron chi connectivity index (χ1n) is 9.99. The van der Waals surface area contributed by atoms with Crippen LogP contribution in [-0.4, -0.2) is 50.9 Å². The zero-order chi connectivity index (χ0) is 20.4. The predicted octanol–water partition coefficient (Wildman–Crippen LogP) is 3.50. The van der Waals surface area contributed by atoms with Crippen LogP contribution >= 0.6 is 11.3 Å². The van der Waals surface area contributed by atoms with Gasteiger partial charge in [0.2, 0.25) is 5.91 Å². The van der Waals surface area contributed by atoms with E-state index in [-0.39, 0.29) is 11.8 Å². The maximum absolute atomic E-state index is 12.4. The lowest BCUT2D eigenvalue weighted by molar-refractivity contribution is -0.116. The van der Waals surface area contributed by atoms with Crippen molar-refractivity contribution in [2.24, 2.45) is 5.92 Å². The molecular weight excluding hydrogens is 390 g/mol. The lowest BCUT2D eigenvalue weighted by atomic mass is 9.91. The van der Waals surface area contributed by atoms with Crippen LogP contribution in [0.3, 0.4) is 0 Å². The Morgan fingerprint density at radius 2 is 2.10 bits per heavy atom. The Balaban J connectivity index is 1.63. The molecule has 8 heteroatoms. The molecular formula is C21H27N3O4S. The van der Waals surface area contributed by atoms with E-state index in [4.69, 9.17) is 19.2 Å². The quantitative estimate of drug-likeness (QED) is 0.776. The monoisotopic (exact) mass is 417 g/mol. The minimum absolute atomic E-state index is 0.0135. The van der Waals surface area contributed by atoms with Crippen molar-refractivity contribution in [3.05, 3.63) is 28.6 Å². The van der Waals surface area contributed by atoms with Crippen LogP contribution in [0.4, 0.5) is 10.9 Å². The summed E-state index contributed by atoms with van der Waals surface area (Å²) in [5.41, 5.74) is 1.03. The number of nitrogens with one attached hydrogen (secondary N) is 1. The predicted molar refractivity (Wildman–Crippen MR) is 114 cm³/mol. The Morgan fingerprint density at radius 3 is 2.83 bits per heavy atom. The third kappa shape index (κ3) is 4.33. The molecule has 3 heterocycles. The number of benzene rings is 1. The van der Waals surface area contributed by atoms with Gasteiger partial charge >= 0.3 is 0 Å². The topological polar surface area (TPSA) is 72.9 Å². The fourth-order valence-electron chi connectivity index (χ4n) is 3.54. The molecule has 1 N–H and O–H groups in total. The van der Waals surface area contributed by atoms with Crippen molar-refractivity contribution in [2.45, 2.75) is 26.2 Å². The molecule has 1 atom stereocenters. The molecule has 29 heavy (non-hydrogen) atoms. The zero-order valence-electron chi connectivity index (χ0n) is 17.1. The molecule has 0 radical (unpaired) electrons. The Labute approximate surface area is 175 Å². The van der Waals surface area contributed by atoms with E-state index in [1.54, 1.807) is 18.4 Å².